The monoisotopic (exact) mass is 365 g/mol. The van der Waals surface area contributed by atoms with Crippen LogP contribution in [0.25, 0.3) is 0 Å². The molecule has 6 nitrogen and oxygen atoms in total. The van der Waals surface area contributed by atoms with E-state index >= 15 is 0 Å². The van der Waals surface area contributed by atoms with Gasteiger partial charge in [0.25, 0.3) is 0 Å². The summed E-state index contributed by atoms with van der Waals surface area (Å²) in [4.78, 5) is 50.4. The predicted octanol–water partition coefficient (Wildman–Crippen LogP) is 2.47. The highest BCUT2D eigenvalue weighted by Crippen LogP contribution is 2.33. The van der Waals surface area contributed by atoms with Crippen LogP contribution in [0.3, 0.4) is 0 Å². The number of hydrogen-bond acceptors (Lipinski definition) is 4. The van der Waals surface area contributed by atoms with Gasteiger partial charge in [0.05, 0.1) is 18.0 Å². The van der Waals surface area contributed by atoms with Crippen molar-refractivity contribution in [3.8, 4) is 0 Å². The number of carbonyl (C=O) groups is 4. The lowest BCUT2D eigenvalue weighted by atomic mass is 9.82. The second-order valence-electron chi connectivity index (χ2n) is 6.55. The third kappa shape index (κ3) is 4.11. The zero-order valence-electron chi connectivity index (χ0n) is 14.6. The molecule has 2 unspecified atom stereocenters. The number of rotatable bonds is 7. The first-order valence-corrected chi connectivity index (χ1v) is 8.67. The van der Waals surface area contributed by atoms with Crippen LogP contribution in [-0.4, -0.2) is 28.7 Å². The maximum atomic E-state index is 12.9. The first-order chi connectivity index (χ1) is 13.0. The van der Waals surface area contributed by atoms with E-state index in [0.29, 0.717) is 5.69 Å². The molecule has 0 bridgehead atoms. The highest BCUT2D eigenvalue weighted by molar-refractivity contribution is 6.21. The number of carboxylic acid groups (broad SMARTS) is 1. The van der Waals surface area contributed by atoms with E-state index in [-0.39, 0.29) is 18.6 Å². The topological polar surface area (TPSA) is 91.8 Å². The summed E-state index contributed by atoms with van der Waals surface area (Å²) < 4.78 is 0. The number of Topliss-reactive ketones (excluding diaryl/α,β-unsaturated/α-hetero) is 1. The van der Waals surface area contributed by atoms with Gasteiger partial charge < -0.3 is 5.11 Å². The van der Waals surface area contributed by atoms with Crippen molar-refractivity contribution < 1.29 is 24.3 Å². The van der Waals surface area contributed by atoms with Crippen molar-refractivity contribution in [1.82, 2.24) is 0 Å². The summed E-state index contributed by atoms with van der Waals surface area (Å²) in [7, 11) is 0. The number of amides is 2. The van der Waals surface area contributed by atoms with Crippen molar-refractivity contribution in [2.75, 3.05) is 4.90 Å². The van der Waals surface area contributed by atoms with E-state index in [1.54, 1.807) is 54.6 Å². The minimum atomic E-state index is -1.17. The summed E-state index contributed by atoms with van der Waals surface area (Å²) in [5, 5.41) is 9.23. The quantitative estimate of drug-likeness (QED) is 0.761. The molecular formula is C21H19NO5. The van der Waals surface area contributed by atoms with Gasteiger partial charge in [0.2, 0.25) is 11.8 Å². The number of aliphatic carboxylic acids is 1. The molecule has 1 heterocycles. The molecule has 0 radical (unpaired) electrons. The van der Waals surface area contributed by atoms with Gasteiger partial charge in [-0.2, -0.15) is 0 Å². The minimum Gasteiger partial charge on any atom is -0.481 e. The molecule has 1 aliphatic heterocycles. The third-order valence-electron chi connectivity index (χ3n) is 4.71. The summed E-state index contributed by atoms with van der Waals surface area (Å²) in [6.07, 6.45) is -0.605. The molecule has 0 spiro atoms. The fourth-order valence-corrected chi connectivity index (χ4v) is 3.41. The van der Waals surface area contributed by atoms with Gasteiger partial charge in [0.15, 0.2) is 0 Å². The largest absolute Gasteiger partial charge is 0.481 e. The van der Waals surface area contributed by atoms with Crippen LogP contribution in [0.4, 0.5) is 5.69 Å². The molecule has 1 N–H and O–H groups in total. The Hall–Kier alpha value is -3.28. The van der Waals surface area contributed by atoms with Crippen molar-refractivity contribution in [2.24, 2.45) is 11.8 Å². The second kappa shape index (κ2) is 7.95. The Balaban J connectivity index is 1.84. The van der Waals surface area contributed by atoms with Crippen LogP contribution in [0.15, 0.2) is 60.7 Å². The van der Waals surface area contributed by atoms with Crippen molar-refractivity contribution >= 4 is 29.3 Å². The van der Waals surface area contributed by atoms with E-state index in [1.165, 1.54) is 0 Å². The summed E-state index contributed by atoms with van der Waals surface area (Å²) in [6, 6.07) is 17.4. The highest BCUT2D eigenvalue weighted by atomic mass is 16.4. The molecule has 1 saturated heterocycles. The summed E-state index contributed by atoms with van der Waals surface area (Å²) >= 11 is 0. The number of hydrogen-bond donors (Lipinski definition) is 1. The molecule has 2 amide bonds. The zero-order chi connectivity index (χ0) is 19.4. The third-order valence-corrected chi connectivity index (χ3v) is 4.71. The number of carboxylic acids is 1. The first kappa shape index (κ1) is 18.5. The van der Waals surface area contributed by atoms with E-state index in [2.05, 4.69) is 0 Å². The van der Waals surface area contributed by atoms with E-state index < -0.39 is 36.0 Å². The van der Waals surface area contributed by atoms with Crippen molar-refractivity contribution in [1.29, 1.82) is 0 Å². The van der Waals surface area contributed by atoms with Gasteiger partial charge in [-0.3, -0.25) is 24.1 Å². The normalized spacial score (nSPS) is 17.8. The fraction of sp³-hybridized carbons (Fsp3) is 0.238. The van der Waals surface area contributed by atoms with E-state index in [9.17, 15) is 24.3 Å². The van der Waals surface area contributed by atoms with Crippen LogP contribution in [0, 0.1) is 11.8 Å². The zero-order valence-corrected chi connectivity index (χ0v) is 14.6. The predicted molar refractivity (Wildman–Crippen MR) is 97.9 cm³/mol. The van der Waals surface area contributed by atoms with Crippen LogP contribution in [-0.2, 0) is 25.6 Å². The Morgan fingerprint density at radius 2 is 1.59 bits per heavy atom. The number of carbonyl (C=O) groups excluding carboxylic acids is 3. The summed E-state index contributed by atoms with van der Waals surface area (Å²) in [5.41, 5.74) is 1.18. The smallest absolute Gasteiger partial charge is 0.304 e. The number of imide groups is 1. The Morgan fingerprint density at radius 1 is 1.00 bits per heavy atom. The van der Waals surface area contributed by atoms with Gasteiger partial charge in [-0.25, -0.2) is 0 Å². The lowest BCUT2D eigenvalue weighted by Gasteiger charge is -2.20. The van der Waals surface area contributed by atoms with Gasteiger partial charge in [0.1, 0.15) is 5.78 Å². The molecule has 1 fully saturated rings. The Bertz CT molecular complexity index is 863. The SMILES string of the molecule is O=C(O)CC(C(=O)Cc1ccccc1)C1CC(=O)N(c2ccccc2)C1=O. The molecule has 0 aliphatic carbocycles. The molecular weight excluding hydrogens is 346 g/mol. The van der Waals surface area contributed by atoms with Gasteiger partial charge in [0, 0.05) is 18.8 Å². The number of para-hydroxylation sites is 1. The molecule has 27 heavy (non-hydrogen) atoms. The summed E-state index contributed by atoms with van der Waals surface area (Å²) in [5.74, 6) is -4.43. The van der Waals surface area contributed by atoms with Crippen molar-refractivity contribution in [2.45, 2.75) is 19.3 Å². The van der Waals surface area contributed by atoms with Crippen molar-refractivity contribution in [3.05, 3.63) is 66.2 Å². The maximum Gasteiger partial charge on any atom is 0.304 e. The molecule has 0 aromatic heterocycles. The summed E-state index contributed by atoms with van der Waals surface area (Å²) in [6.45, 7) is 0. The first-order valence-electron chi connectivity index (χ1n) is 8.67. The molecule has 2 aromatic carbocycles. The highest BCUT2D eigenvalue weighted by Gasteiger charge is 2.46. The van der Waals surface area contributed by atoms with Crippen LogP contribution in [0.5, 0.6) is 0 Å². The van der Waals surface area contributed by atoms with Gasteiger partial charge in [-0.15, -0.1) is 0 Å². The van der Waals surface area contributed by atoms with Crippen molar-refractivity contribution in [3.63, 3.8) is 0 Å². The molecule has 2 atom stereocenters. The van der Waals surface area contributed by atoms with Crippen LogP contribution >= 0.6 is 0 Å². The van der Waals surface area contributed by atoms with Crippen LogP contribution in [0.2, 0.25) is 0 Å². The molecule has 1 aliphatic rings. The standard InChI is InChI=1S/C21H19NO5/c23-18(11-14-7-3-1-4-8-14)16(13-20(25)26)17-12-19(24)22(21(17)27)15-9-5-2-6-10-15/h1-10,16-17H,11-13H2,(H,25,26). The lowest BCUT2D eigenvalue weighted by Crippen LogP contribution is -2.35. The molecule has 138 valence electrons. The number of anilines is 1. The Labute approximate surface area is 156 Å². The van der Waals surface area contributed by atoms with Gasteiger partial charge >= 0.3 is 5.97 Å². The molecule has 2 aromatic rings. The molecule has 6 heteroatoms. The Morgan fingerprint density at radius 3 is 2.19 bits per heavy atom. The number of ketones is 1. The van der Waals surface area contributed by atoms with Gasteiger partial charge in [-0.05, 0) is 17.7 Å². The van der Waals surface area contributed by atoms with Crippen LogP contribution < -0.4 is 4.90 Å². The van der Waals surface area contributed by atoms with E-state index in [1.807, 2.05) is 6.07 Å². The van der Waals surface area contributed by atoms with E-state index in [0.717, 1.165) is 10.5 Å². The lowest BCUT2D eigenvalue weighted by molar-refractivity contribution is -0.142. The van der Waals surface area contributed by atoms with E-state index in [4.69, 9.17) is 0 Å². The maximum absolute atomic E-state index is 12.9. The fourth-order valence-electron chi connectivity index (χ4n) is 3.41. The average molecular weight is 365 g/mol. The molecule has 3 rings (SSSR count). The Kier molecular flexibility index (Phi) is 5.45. The minimum absolute atomic E-state index is 0.0299. The van der Waals surface area contributed by atoms with Gasteiger partial charge in [-0.1, -0.05) is 48.5 Å². The number of benzene rings is 2. The second-order valence-corrected chi connectivity index (χ2v) is 6.55. The molecule has 0 saturated carbocycles. The average Bonchev–Trinajstić information content (AvgIpc) is 2.95. The van der Waals surface area contributed by atoms with Crippen LogP contribution in [0.1, 0.15) is 18.4 Å². The number of nitrogens with zero attached hydrogens (tertiary/aromatic N) is 1.